The quantitative estimate of drug-likeness (QED) is 0.504. The summed E-state index contributed by atoms with van der Waals surface area (Å²) in [5.74, 6) is 0. The molecule has 0 aromatic rings. The van der Waals surface area contributed by atoms with Crippen LogP contribution in [0.4, 0.5) is 0 Å². The van der Waals surface area contributed by atoms with E-state index in [2.05, 4.69) is 32.9 Å². The van der Waals surface area contributed by atoms with Crippen LogP contribution in [0.2, 0.25) is 0 Å². The van der Waals surface area contributed by atoms with Crippen molar-refractivity contribution < 1.29 is 0 Å². The Morgan fingerprint density at radius 3 is 2.20 bits per heavy atom. The fraction of sp³-hybridized carbons (Fsp3) is 0.556. The molecule has 1 rings (SSSR count). The molecule has 0 aliphatic heterocycles. The van der Waals surface area contributed by atoms with Crippen LogP contribution in [0, 0.1) is 5.41 Å². The van der Waals surface area contributed by atoms with Crippen LogP contribution < -0.4 is 0 Å². The maximum atomic E-state index is 5.80. The summed E-state index contributed by atoms with van der Waals surface area (Å²) in [6.45, 7) is 6.63. The maximum Gasteiger partial charge on any atom is 0.0369 e. The van der Waals surface area contributed by atoms with Crippen LogP contribution in [0.5, 0.6) is 0 Å². The molecule has 1 aliphatic carbocycles. The van der Waals surface area contributed by atoms with Gasteiger partial charge in [-0.3, -0.25) is 0 Å². The minimum atomic E-state index is 0.285. The van der Waals surface area contributed by atoms with Crippen molar-refractivity contribution in [2.45, 2.75) is 27.2 Å². The molecule has 1 heteroatoms. The van der Waals surface area contributed by atoms with Gasteiger partial charge in [0.1, 0.15) is 0 Å². The summed E-state index contributed by atoms with van der Waals surface area (Å²) in [7, 11) is 0. The fourth-order valence-corrected chi connectivity index (χ4v) is 1.22. The van der Waals surface area contributed by atoms with Crippen LogP contribution in [-0.2, 0) is 0 Å². The molecule has 0 aromatic carbocycles. The van der Waals surface area contributed by atoms with Crippen LogP contribution in [0.1, 0.15) is 27.2 Å². The van der Waals surface area contributed by atoms with Gasteiger partial charge in [0.25, 0.3) is 0 Å². The van der Waals surface area contributed by atoms with Gasteiger partial charge in [0, 0.05) is 5.03 Å². The Kier molecular flexibility index (Phi) is 1.91. The summed E-state index contributed by atoms with van der Waals surface area (Å²) < 4.78 is 0. The molecule has 0 saturated carbocycles. The first-order valence-electron chi connectivity index (χ1n) is 3.57. The first kappa shape index (κ1) is 7.87. The monoisotopic (exact) mass is 156 g/mol. The van der Waals surface area contributed by atoms with Crippen molar-refractivity contribution >= 4 is 11.6 Å². The third kappa shape index (κ3) is 1.63. The van der Waals surface area contributed by atoms with Crippen molar-refractivity contribution in [3.8, 4) is 0 Å². The predicted molar refractivity (Wildman–Crippen MR) is 46.1 cm³/mol. The van der Waals surface area contributed by atoms with Gasteiger partial charge < -0.3 is 0 Å². The van der Waals surface area contributed by atoms with E-state index in [0.29, 0.717) is 0 Å². The Morgan fingerprint density at radius 1 is 1.40 bits per heavy atom. The van der Waals surface area contributed by atoms with Crippen molar-refractivity contribution in [1.29, 1.82) is 0 Å². The van der Waals surface area contributed by atoms with E-state index in [1.54, 1.807) is 0 Å². The molecule has 0 bridgehead atoms. The van der Waals surface area contributed by atoms with E-state index in [1.807, 2.05) is 0 Å². The largest absolute Gasteiger partial charge is 0.0847 e. The number of rotatable bonds is 0. The molecule has 0 atom stereocenters. The number of allylic oxidation sites excluding steroid dienone is 4. The van der Waals surface area contributed by atoms with Crippen molar-refractivity contribution in [3.05, 3.63) is 22.8 Å². The van der Waals surface area contributed by atoms with E-state index in [0.717, 1.165) is 11.5 Å². The van der Waals surface area contributed by atoms with Crippen molar-refractivity contribution in [2.24, 2.45) is 5.41 Å². The lowest BCUT2D eigenvalue weighted by molar-refractivity contribution is 0.496. The van der Waals surface area contributed by atoms with E-state index < -0.39 is 0 Å². The lowest BCUT2D eigenvalue weighted by Gasteiger charge is -2.19. The molecule has 0 radical (unpaired) electrons. The lowest BCUT2D eigenvalue weighted by Crippen LogP contribution is -2.06. The van der Waals surface area contributed by atoms with Gasteiger partial charge in [-0.25, -0.2) is 0 Å². The highest BCUT2D eigenvalue weighted by molar-refractivity contribution is 6.31. The van der Waals surface area contributed by atoms with Gasteiger partial charge >= 0.3 is 0 Å². The molecular weight excluding hydrogens is 144 g/mol. The van der Waals surface area contributed by atoms with Crippen LogP contribution in [0.3, 0.4) is 0 Å². The normalized spacial score (nSPS) is 18.8. The highest BCUT2D eigenvalue weighted by Gasteiger charge is 2.18. The molecule has 0 fully saturated rings. The zero-order valence-electron chi connectivity index (χ0n) is 6.74. The van der Waals surface area contributed by atoms with Crippen LogP contribution in [0.15, 0.2) is 22.8 Å². The Hall–Kier alpha value is -0.230. The van der Waals surface area contributed by atoms with Gasteiger partial charge in [-0.1, -0.05) is 44.0 Å². The highest BCUT2D eigenvalue weighted by atomic mass is 35.5. The third-order valence-electron chi connectivity index (χ3n) is 1.79. The molecule has 1 aliphatic rings. The highest BCUT2D eigenvalue weighted by Crippen LogP contribution is 2.34. The van der Waals surface area contributed by atoms with Crippen molar-refractivity contribution in [2.75, 3.05) is 0 Å². The van der Waals surface area contributed by atoms with Crippen LogP contribution >= 0.6 is 11.6 Å². The molecule has 0 spiro atoms. The second-order valence-electron chi connectivity index (χ2n) is 3.71. The number of hydrogen-bond donors (Lipinski definition) is 0. The number of hydrogen-bond acceptors (Lipinski definition) is 0. The lowest BCUT2D eigenvalue weighted by atomic mass is 9.86. The predicted octanol–water partition coefficient (Wildman–Crippen LogP) is 3.49. The molecule has 0 heterocycles. The zero-order valence-corrected chi connectivity index (χ0v) is 7.50. The van der Waals surface area contributed by atoms with Crippen LogP contribution in [-0.4, -0.2) is 0 Å². The van der Waals surface area contributed by atoms with Crippen molar-refractivity contribution in [1.82, 2.24) is 0 Å². The van der Waals surface area contributed by atoms with Gasteiger partial charge in [-0.15, -0.1) is 0 Å². The van der Waals surface area contributed by atoms with E-state index in [4.69, 9.17) is 11.6 Å². The smallest absolute Gasteiger partial charge is 0.0369 e. The van der Waals surface area contributed by atoms with E-state index >= 15 is 0 Å². The van der Waals surface area contributed by atoms with Gasteiger partial charge in [-0.2, -0.15) is 0 Å². The maximum absolute atomic E-state index is 5.80. The van der Waals surface area contributed by atoms with E-state index in [1.165, 1.54) is 5.57 Å². The van der Waals surface area contributed by atoms with Gasteiger partial charge in [-0.05, 0) is 17.9 Å². The molecule has 10 heavy (non-hydrogen) atoms. The zero-order chi connectivity index (χ0) is 7.78. The van der Waals surface area contributed by atoms with Gasteiger partial charge in [0.2, 0.25) is 0 Å². The Labute approximate surface area is 67.6 Å². The molecule has 56 valence electrons. The molecule has 0 nitrogen and oxygen atoms in total. The second-order valence-corrected chi connectivity index (χ2v) is 4.15. The average Bonchev–Trinajstić information content (AvgIpc) is 2.11. The summed E-state index contributed by atoms with van der Waals surface area (Å²) in [4.78, 5) is 0. The second kappa shape index (κ2) is 2.43. The SMILES string of the molecule is CC(C)(C)C1=CC(Cl)=CC1. The molecule has 0 N–H and O–H groups in total. The van der Waals surface area contributed by atoms with Crippen LogP contribution in [0.25, 0.3) is 0 Å². The Bertz CT molecular complexity index is 191. The summed E-state index contributed by atoms with van der Waals surface area (Å²) in [5.41, 5.74) is 1.71. The number of halogens is 1. The van der Waals surface area contributed by atoms with Gasteiger partial charge in [0.05, 0.1) is 0 Å². The minimum absolute atomic E-state index is 0.285. The minimum Gasteiger partial charge on any atom is -0.0847 e. The molecular formula is C9H13Cl. The summed E-state index contributed by atoms with van der Waals surface area (Å²) in [6, 6.07) is 0. The van der Waals surface area contributed by atoms with E-state index in [9.17, 15) is 0 Å². The summed E-state index contributed by atoms with van der Waals surface area (Å²) >= 11 is 5.80. The molecule has 0 saturated heterocycles. The first-order valence-corrected chi connectivity index (χ1v) is 3.94. The Balaban J connectivity index is 2.73. The van der Waals surface area contributed by atoms with Crippen molar-refractivity contribution in [3.63, 3.8) is 0 Å². The first-order chi connectivity index (χ1) is 4.50. The third-order valence-corrected chi connectivity index (χ3v) is 2.06. The summed E-state index contributed by atoms with van der Waals surface area (Å²) in [5, 5.41) is 0.893. The topological polar surface area (TPSA) is 0 Å². The van der Waals surface area contributed by atoms with Gasteiger partial charge in [0.15, 0.2) is 0 Å². The Morgan fingerprint density at radius 2 is 2.00 bits per heavy atom. The molecule has 0 aromatic heterocycles. The summed E-state index contributed by atoms with van der Waals surface area (Å²) in [6.07, 6.45) is 5.16. The standard InChI is InChI=1S/C9H13Cl/c1-9(2,3)7-4-5-8(10)6-7/h5-6H,4H2,1-3H3. The molecule has 0 amide bonds. The molecule has 0 unspecified atom stereocenters. The van der Waals surface area contributed by atoms with E-state index in [-0.39, 0.29) is 5.41 Å². The fourth-order valence-electron chi connectivity index (χ4n) is 1.01. The average molecular weight is 157 g/mol.